The fraction of sp³-hybridized carbons (Fsp3) is 0.345. The van der Waals surface area contributed by atoms with Gasteiger partial charge in [-0.05, 0) is 62.9 Å². The predicted molar refractivity (Wildman–Crippen MR) is 143 cm³/mol. The highest BCUT2D eigenvalue weighted by Crippen LogP contribution is 2.36. The highest BCUT2D eigenvalue weighted by molar-refractivity contribution is 5.81. The summed E-state index contributed by atoms with van der Waals surface area (Å²) in [6, 6.07) is 19.8. The van der Waals surface area contributed by atoms with E-state index < -0.39 is 5.60 Å². The molecule has 2 aromatic carbocycles. The number of para-hydroxylation sites is 1. The second-order valence-electron chi connectivity index (χ2n) is 10.4. The van der Waals surface area contributed by atoms with Crippen molar-refractivity contribution in [3.8, 4) is 17.0 Å². The van der Waals surface area contributed by atoms with E-state index in [9.17, 15) is 9.59 Å². The first-order valence-electron chi connectivity index (χ1n) is 12.6. The van der Waals surface area contributed by atoms with E-state index in [1.54, 1.807) is 4.90 Å². The Morgan fingerprint density at radius 3 is 2.62 bits per heavy atom. The number of piperidine rings is 1. The number of carbonyl (C=O) groups excluding carboxylic acids is 1. The van der Waals surface area contributed by atoms with Gasteiger partial charge in [-0.2, -0.15) is 0 Å². The summed E-state index contributed by atoms with van der Waals surface area (Å²) in [5.41, 5.74) is 3.85. The minimum atomic E-state index is -0.559. The molecule has 0 radical (unpaired) electrons. The average Bonchev–Trinajstić information content (AvgIpc) is 3.27. The molecule has 0 aliphatic carbocycles. The molecule has 2 aromatic heterocycles. The highest BCUT2D eigenvalue weighted by atomic mass is 16.6. The van der Waals surface area contributed by atoms with Crippen LogP contribution in [0.2, 0.25) is 0 Å². The van der Waals surface area contributed by atoms with Gasteiger partial charge in [-0.1, -0.05) is 42.5 Å². The van der Waals surface area contributed by atoms with E-state index >= 15 is 0 Å². The third-order valence-corrected chi connectivity index (χ3v) is 6.43. The highest BCUT2D eigenvalue weighted by Gasteiger charge is 2.30. The molecule has 1 amide bonds. The Labute approximate surface area is 215 Å². The fourth-order valence-electron chi connectivity index (χ4n) is 4.76. The number of amides is 1. The minimum Gasteiger partial charge on any atom is -0.488 e. The Morgan fingerprint density at radius 2 is 1.84 bits per heavy atom. The number of nitrogens with zero attached hydrogens (tertiary/aromatic N) is 2. The predicted octanol–water partition coefficient (Wildman–Crippen LogP) is 5.61. The van der Waals surface area contributed by atoms with Crippen molar-refractivity contribution in [2.45, 2.75) is 51.7 Å². The number of hydrogen-bond acceptors (Lipinski definition) is 5. The van der Waals surface area contributed by atoms with Crippen LogP contribution in [0.5, 0.6) is 5.75 Å². The number of imidazole rings is 1. The van der Waals surface area contributed by atoms with Crippen LogP contribution in [0, 0.1) is 0 Å². The van der Waals surface area contributed by atoms with Gasteiger partial charge in [-0.25, -0.2) is 14.6 Å². The molecule has 1 aliphatic heterocycles. The number of fused-ring (bicyclic) bond motifs is 1. The lowest BCUT2D eigenvalue weighted by atomic mass is 9.89. The van der Waals surface area contributed by atoms with Crippen LogP contribution in [0.4, 0.5) is 4.79 Å². The van der Waals surface area contributed by atoms with Crippen LogP contribution in [-0.2, 0) is 11.3 Å². The summed E-state index contributed by atoms with van der Waals surface area (Å²) in [7, 11) is 0. The van der Waals surface area contributed by atoms with Gasteiger partial charge in [0.15, 0.2) is 5.65 Å². The Balaban J connectivity index is 1.49. The first-order chi connectivity index (χ1) is 17.8. The second kappa shape index (κ2) is 10.1. The molecule has 2 N–H and O–H groups in total. The van der Waals surface area contributed by atoms with Crippen molar-refractivity contribution in [3.63, 3.8) is 0 Å². The Kier molecular flexibility index (Phi) is 6.74. The molecule has 1 unspecified atom stereocenters. The molecule has 37 heavy (non-hydrogen) atoms. The molecule has 1 atom stereocenters. The molecule has 4 aromatic rings. The van der Waals surface area contributed by atoms with Gasteiger partial charge in [0, 0.05) is 24.6 Å². The fourth-order valence-corrected chi connectivity index (χ4v) is 4.76. The van der Waals surface area contributed by atoms with E-state index in [0.29, 0.717) is 42.3 Å². The number of rotatable bonds is 5. The van der Waals surface area contributed by atoms with Crippen molar-refractivity contribution >= 4 is 17.3 Å². The van der Waals surface area contributed by atoms with E-state index in [1.165, 1.54) is 0 Å². The first kappa shape index (κ1) is 24.6. The van der Waals surface area contributed by atoms with Crippen molar-refractivity contribution in [2.75, 3.05) is 13.1 Å². The summed E-state index contributed by atoms with van der Waals surface area (Å²) in [4.78, 5) is 37.3. The van der Waals surface area contributed by atoms with Crippen LogP contribution in [-0.4, -0.2) is 44.6 Å². The molecular formula is C29H32N4O4. The number of nitrogens with one attached hydrogen (secondary N) is 2. The van der Waals surface area contributed by atoms with Crippen molar-refractivity contribution < 1.29 is 14.3 Å². The number of aromatic amines is 2. The smallest absolute Gasteiger partial charge is 0.410 e. The van der Waals surface area contributed by atoms with Gasteiger partial charge >= 0.3 is 11.8 Å². The third-order valence-electron chi connectivity index (χ3n) is 6.43. The topological polar surface area (TPSA) is 100 Å². The number of H-pyrrole nitrogens is 2. The maximum Gasteiger partial charge on any atom is 0.410 e. The molecule has 0 bridgehead atoms. The summed E-state index contributed by atoms with van der Waals surface area (Å²) in [6.45, 7) is 7.19. The molecule has 1 saturated heterocycles. The molecule has 1 aliphatic rings. The first-order valence-corrected chi connectivity index (χ1v) is 12.6. The zero-order valence-electron chi connectivity index (χ0n) is 21.4. The number of aromatic nitrogens is 3. The van der Waals surface area contributed by atoms with Crippen molar-refractivity contribution in [1.82, 2.24) is 19.9 Å². The molecule has 8 heteroatoms. The van der Waals surface area contributed by atoms with Gasteiger partial charge in [-0.15, -0.1) is 0 Å². The molecular weight excluding hydrogens is 468 g/mol. The SMILES string of the molecule is CC(C)(C)OC(=O)N1CCCC(c2cc(-c3ccccc3OCc3ccccc3)nc3[nH]c(=O)[nH]c23)C1. The van der Waals surface area contributed by atoms with Crippen LogP contribution < -0.4 is 10.4 Å². The largest absolute Gasteiger partial charge is 0.488 e. The van der Waals surface area contributed by atoms with Crippen LogP contribution in [0.15, 0.2) is 65.5 Å². The Bertz CT molecular complexity index is 1450. The molecule has 0 spiro atoms. The number of carbonyl (C=O) groups is 1. The van der Waals surface area contributed by atoms with Crippen molar-refractivity contribution in [1.29, 1.82) is 0 Å². The summed E-state index contributed by atoms with van der Waals surface area (Å²) >= 11 is 0. The van der Waals surface area contributed by atoms with Crippen LogP contribution in [0.1, 0.15) is 50.7 Å². The van der Waals surface area contributed by atoms with Gasteiger partial charge in [-0.3, -0.25) is 4.98 Å². The Hall–Kier alpha value is -4.07. The van der Waals surface area contributed by atoms with Crippen LogP contribution in [0.25, 0.3) is 22.4 Å². The molecule has 3 heterocycles. The van der Waals surface area contributed by atoms with Crippen LogP contribution in [0.3, 0.4) is 0 Å². The summed E-state index contributed by atoms with van der Waals surface area (Å²) in [6.07, 6.45) is 1.41. The summed E-state index contributed by atoms with van der Waals surface area (Å²) in [5.74, 6) is 0.732. The van der Waals surface area contributed by atoms with E-state index in [-0.39, 0.29) is 17.7 Å². The molecule has 8 nitrogen and oxygen atoms in total. The zero-order valence-corrected chi connectivity index (χ0v) is 21.4. The zero-order chi connectivity index (χ0) is 26.0. The Morgan fingerprint density at radius 1 is 1.08 bits per heavy atom. The van der Waals surface area contributed by atoms with Gasteiger partial charge in [0.2, 0.25) is 0 Å². The van der Waals surface area contributed by atoms with Gasteiger partial charge < -0.3 is 19.4 Å². The summed E-state index contributed by atoms with van der Waals surface area (Å²) in [5, 5.41) is 0. The standard InChI is InChI=1S/C29H32N4O4/c1-29(2,3)37-28(35)33-15-9-12-20(17-33)22-16-23(30-26-25(22)31-27(34)32-26)21-13-7-8-14-24(21)36-18-19-10-5-4-6-11-19/h4-8,10-11,13-14,16,20H,9,12,15,17-18H2,1-3H3,(H2,30,31,32,34). The van der Waals surface area contributed by atoms with E-state index in [0.717, 1.165) is 29.5 Å². The lowest BCUT2D eigenvalue weighted by molar-refractivity contribution is 0.0198. The normalized spacial score (nSPS) is 16.1. The summed E-state index contributed by atoms with van der Waals surface area (Å²) < 4.78 is 11.8. The van der Waals surface area contributed by atoms with Crippen molar-refractivity contribution in [3.05, 3.63) is 82.3 Å². The van der Waals surface area contributed by atoms with E-state index in [1.807, 2.05) is 81.4 Å². The maximum atomic E-state index is 12.8. The lowest BCUT2D eigenvalue weighted by Gasteiger charge is -2.34. The average molecular weight is 501 g/mol. The number of hydrogen-bond donors (Lipinski definition) is 2. The van der Waals surface area contributed by atoms with E-state index in [2.05, 4.69) is 9.97 Å². The molecule has 0 saturated carbocycles. The number of likely N-dealkylation sites (tertiary alicyclic amines) is 1. The minimum absolute atomic E-state index is 0.0226. The molecule has 192 valence electrons. The second-order valence-corrected chi connectivity index (χ2v) is 10.4. The monoisotopic (exact) mass is 500 g/mol. The third kappa shape index (κ3) is 5.69. The van der Waals surface area contributed by atoms with Gasteiger partial charge in [0.05, 0.1) is 11.2 Å². The molecule has 1 fully saturated rings. The number of ether oxygens (including phenoxy) is 2. The number of pyridine rings is 1. The lowest BCUT2D eigenvalue weighted by Crippen LogP contribution is -2.42. The number of benzene rings is 2. The van der Waals surface area contributed by atoms with Gasteiger partial charge in [0.25, 0.3) is 0 Å². The quantitative estimate of drug-likeness (QED) is 0.371. The van der Waals surface area contributed by atoms with Crippen LogP contribution >= 0.6 is 0 Å². The van der Waals surface area contributed by atoms with Crippen molar-refractivity contribution in [2.24, 2.45) is 0 Å². The van der Waals surface area contributed by atoms with Gasteiger partial charge in [0.1, 0.15) is 18.0 Å². The maximum absolute atomic E-state index is 12.8. The van der Waals surface area contributed by atoms with E-state index in [4.69, 9.17) is 14.5 Å². The molecule has 5 rings (SSSR count).